The first-order valence-electron chi connectivity index (χ1n) is 6.19. The fourth-order valence-electron chi connectivity index (χ4n) is 2.90. The van der Waals surface area contributed by atoms with Gasteiger partial charge in [-0.1, -0.05) is 25.7 Å². The van der Waals surface area contributed by atoms with E-state index in [0.717, 1.165) is 13.0 Å². The molecule has 2 heteroatoms. The van der Waals surface area contributed by atoms with Gasteiger partial charge in [-0.3, -0.25) is 0 Å². The van der Waals surface area contributed by atoms with Crippen LogP contribution in [0.5, 0.6) is 0 Å². The SMILES string of the molecule is NC1(CC2CCCO2)CCCCCC1. The topological polar surface area (TPSA) is 35.2 Å². The molecule has 1 saturated carbocycles. The summed E-state index contributed by atoms with van der Waals surface area (Å²) in [5.74, 6) is 0. The van der Waals surface area contributed by atoms with Crippen LogP contribution in [0.15, 0.2) is 0 Å². The molecule has 0 aromatic carbocycles. The van der Waals surface area contributed by atoms with Gasteiger partial charge in [0.25, 0.3) is 0 Å². The Morgan fingerprint density at radius 1 is 1.07 bits per heavy atom. The van der Waals surface area contributed by atoms with E-state index in [1.54, 1.807) is 0 Å². The molecule has 0 aromatic rings. The molecule has 14 heavy (non-hydrogen) atoms. The molecule has 2 fully saturated rings. The average molecular weight is 197 g/mol. The molecule has 2 N–H and O–H groups in total. The molecular formula is C12H23NO. The van der Waals surface area contributed by atoms with E-state index in [2.05, 4.69) is 0 Å². The minimum atomic E-state index is 0.103. The Hall–Kier alpha value is -0.0800. The van der Waals surface area contributed by atoms with Crippen LogP contribution in [-0.2, 0) is 4.74 Å². The fraction of sp³-hybridized carbons (Fsp3) is 1.00. The van der Waals surface area contributed by atoms with E-state index in [4.69, 9.17) is 10.5 Å². The zero-order valence-electron chi connectivity index (χ0n) is 9.13. The van der Waals surface area contributed by atoms with Gasteiger partial charge in [-0.25, -0.2) is 0 Å². The van der Waals surface area contributed by atoms with Gasteiger partial charge in [-0.2, -0.15) is 0 Å². The van der Waals surface area contributed by atoms with E-state index in [9.17, 15) is 0 Å². The molecule has 82 valence electrons. The van der Waals surface area contributed by atoms with Gasteiger partial charge in [0.05, 0.1) is 6.10 Å². The molecule has 0 radical (unpaired) electrons. The van der Waals surface area contributed by atoms with Crippen molar-refractivity contribution in [3.63, 3.8) is 0 Å². The van der Waals surface area contributed by atoms with E-state index in [1.165, 1.54) is 51.4 Å². The van der Waals surface area contributed by atoms with Crippen molar-refractivity contribution in [2.24, 2.45) is 5.73 Å². The lowest BCUT2D eigenvalue weighted by atomic mass is 9.85. The second-order valence-corrected chi connectivity index (χ2v) is 5.12. The molecule has 2 nitrogen and oxygen atoms in total. The second kappa shape index (κ2) is 4.63. The van der Waals surface area contributed by atoms with Crippen molar-refractivity contribution in [2.75, 3.05) is 6.61 Å². The van der Waals surface area contributed by atoms with E-state index >= 15 is 0 Å². The smallest absolute Gasteiger partial charge is 0.0593 e. The summed E-state index contributed by atoms with van der Waals surface area (Å²) in [5, 5.41) is 0. The van der Waals surface area contributed by atoms with Crippen molar-refractivity contribution in [1.82, 2.24) is 0 Å². The summed E-state index contributed by atoms with van der Waals surface area (Å²) < 4.78 is 5.68. The molecule has 0 bridgehead atoms. The second-order valence-electron chi connectivity index (χ2n) is 5.12. The Bertz CT molecular complexity index is 167. The molecular weight excluding hydrogens is 174 g/mol. The van der Waals surface area contributed by atoms with Crippen molar-refractivity contribution in [3.8, 4) is 0 Å². The highest BCUT2D eigenvalue weighted by Crippen LogP contribution is 2.31. The maximum absolute atomic E-state index is 6.46. The predicted octanol–water partition coefficient (Wildman–Crippen LogP) is 2.61. The molecule has 1 atom stereocenters. The summed E-state index contributed by atoms with van der Waals surface area (Å²) in [5.41, 5.74) is 6.56. The largest absolute Gasteiger partial charge is 0.378 e. The third-order valence-corrected chi connectivity index (χ3v) is 3.76. The average Bonchev–Trinajstić information content (AvgIpc) is 2.55. The third kappa shape index (κ3) is 2.71. The quantitative estimate of drug-likeness (QED) is 0.691. The first kappa shape index (κ1) is 10.4. The van der Waals surface area contributed by atoms with Gasteiger partial charge in [0.15, 0.2) is 0 Å². The highest BCUT2D eigenvalue weighted by molar-refractivity contribution is 4.89. The van der Waals surface area contributed by atoms with E-state index in [0.29, 0.717) is 6.10 Å². The minimum Gasteiger partial charge on any atom is -0.378 e. The summed E-state index contributed by atoms with van der Waals surface area (Å²) in [6.07, 6.45) is 11.9. The van der Waals surface area contributed by atoms with Crippen LogP contribution < -0.4 is 5.73 Å². The first-order valence-corrected chi connectivity index (χ1v) is 6.19. The predicted molar refractivity (Wildman–Crippen MR) is 58.2 cm³/mol. The minimum absolute atomic E-state index is 0.103. The molecule has 1 heterocycles. The van der Waals surface area contributed by atoms with E-state index in [-0.39, 0.29) is 5.54 Å². The Morgan fingerprint density at radius 2 is 1.79 bits per heavy atom. The maximum Gasteiger partial charge on any atom is 0.0593 e. The van der Waals surface area contributed by atoms with Crippen LogP contribution in [0, 0.1) is 0 Å². The molecule has 0 amide bonds. The molecule has 2 aliphatic rings. The van der Waals surface area contributed by atoms with Gasteiger partial charge in [0.1, 0.15) is 0 Å². The van der Waals surface area contributed by atoms with Crippen molar-refractivity contribution >= 4 is 0 Å². The summed E-state index contributed by atoms with van der Waals surface area (Å²) in [6, 6.07) is 0. The van der Waals surface area contributed by atoms with Gasteiger partial charge in [0, 0.05) is 12.1 Å². The number of hydrogen-bond acceptors (Lipinski definition) is 2. The number of nitrogens with two attached hydrogens (primary N) is 1. The summed E-state index contributed by atoms with van der Waals surface area (Å²) in [4.78, 5) is 0. The lowest BCUT2D eigenvalue weighted by molar-refractivity contribution is 0.0796. The van der Waals surface area contributed by atoms with Gasteiger partial charge in [0.2, 0.25) is 0 Å². The van der Waals surface area contributed by atoms with Crippen LogP contribution in [0.2, 0.25) is 0 Å². The van der Waals surface area contributed by atoms with Crippen molar-refractivity contribution in [1.29, 1.82) is 0 Å². The molecule has 0 spiro atoms. The monoisotopic (exact) mass is 197 g/mol. The molecule has 1 unspecified atom stereocenters. The van der Waals surface area contributed by atoms with Crippen molar-refractivity contribution < 1.29 is 4.74 Å². The summed E-state index contributed by atoms with van der Waals surface area (Å²) in [6.45, 7) is 0.959. The van der Waals surface area contributed by atoms with E-state index in [1.807, 2.05) is 0 Å². The van der Waals surface area contributed by atoms with Gasteiger partial charge < -0.3 is 10.5 Å². The van der Waals surface area contributed by atoms with E-state index < -0.39 is 0 Å². The highest BCUT2D eigenvalue weighted by atomic mass is 16.5. The van der Waals surface area contributed by atoms with Crippen LogP contribution in [0.4, 0.5) is 0 Å². The van der Waals surface area contributed by atoms with Gasteiger partial charge in [-0.05, 0) is 32.1 Å². The first-order chi connectivity index (χ1) is 6.79. The number of rotatable bonds is 2. The van der Waals surface area contributed by atoms with Gasteiger partial charge in [-0.15, -0.1) is 0 Å². The lowest BCUT2D eigenvalue weighted by Crippen LogP contribution is -2.42. The molecule has 1 aliphatic carbocycles. The number of hydrogen-bond donors (Lipinski definition) is 1. The maximum atomic E-state index is 6.46. The molecule has 1 saturated heterocycles. The van der Waals surface area contributed by atoms with Crippen LogP contribution >= 0.6 is 0 Å². The molecule has 1 aliphatic heterocycles. The Morgan fingerprint density at radius 3 is 2.36 bits per heavy atom. The van der Waals surface area contributed by atoms with Crippen molar-refractivity contribution in [2.45, 2.75) is 69.4 Å². The van der Waals surface area contributed by atoms with Gasteiger partial charge >= 0.3 is 0 Å². The zero-order valence-corrected chi connectivity index (χ0v) is 9.13. The highest BCUT2D eigenvalue weighted by Gasteiger charge is 2.31. The Labute approximate surface area is 87.2 Å². The third-order valence-electron chi connectivity index (χ3n) is 3.76. The standard InChI is InChI=1S/C12H23NO/c13-12(7-3-1-2-4-8-12)10-11-6-5-9-14-11/h11H,1-10,13H2. The Kier molecular flexibility index (Phi) is 3.45. The van der Waals surface area contributed by atoms with Crippen molar-refractivity contribution in [3.05, 3.63) is 0 Å². The van der Waals surface area contributed by atoms with Crippen LogP contribution in [0.25, 0.3) is 0 Å². The number of ether oxygens (including phenoxy) is 1. The zero-order chi connectivity index (χ0) is 9.86. The van der Waals surface area contributed by atoms with Crippen LogP contribution in [-0.4, -0.2) is 18.2 Å². The van der Waals surface area contributed by atoms with Crippen LogP contribution in [0.1, 0.15) is 57.8 Å². The molecule has 0 aromatic heterocycles. The fourth-order valence-corrected chi connectivity index (χ4v) is 2.90. The summed E-state index contributed by atoms with van der Waals surface area (Å²) >= 11 is 0. The van der Waals surface area contributed by atoms with Crippen LogP contribution in [0.3, 0.4) is 0 Å². The lowest BCUT2D eigenvalue weighted by Gasteiger charge is -2.30. The normalized spacial score (nSPS) is 32.8. The molecule has 2 rings (SSSR count). The summed E-state index contributed by atoms with van der Waals surface area (Å²) in [7, 11) is 0. The Balaban J connectivity index is 1.85.